The zero-order valence-corrected chi connectivity index (χ0v) is 10.1. The van der Waals surface area contributed by atoms with Gasteiger partial charge in [0.25, 0.3) is 0 Å². The Bertz CT molecular complexity index is 256. The number of unbranched alkanes of at least 4 members (excludes halogenated alkanes) is 2. The van der Waals surface area contributed by atoms with E-state index in [-0.39, 0.29) is 12.1 Å². The van der Waals surface area contributed by atoms with Crippen LogP contribution in [0.3, 0.4) is 0 Å². The molecule has 92 valence electrons. The van der Waals surface area contributed by atoms with E-state index >= 15 is 0 Å². The van der Waals surface area contributed by atoms with Crippen molar-refractivity contribution in [3.05, 3.63) is 0 Å². The maximum Gasteiger partial charge on any atom is 0.323 e. The lowest BCUT2D eigenvalue weighted by molar-refractivity contribution is 0.148. The van der Waals surface area contributed by atoms with Crippen LogP contribution in [0.5, 0.6) is 0 Å². The quantitative estimate of drug-likeness (QED) is 0.648. The fraction of sp³-hybridized carbons (Fsp3) is 0.818. The van der Waals surface area contributed by atoms with Gasteiger partial charge in [-0.05, 0) is 6.42 Å². The van der Waals surface area contributed by atoms with E-state index in [0.717, 1.165) is 25.7 Å². The summed E-state index contributed by atoms with van der Waals surface area (Å²) in [7, 11) is 1.62. The molecule has 5 heteroatoms. The minimum Gasteiger partial charge on any atom is -0.383 e. The third-order valence-corrected chi connectivity index (χ3v) is 2.83. The molecule has 1 saturated heterocycles. The molecule has 16 heavy (non-hydrogen) atoms. The van der Waals surface area contributed by atoms with Gasteiger partial charge in [0, 0.05) is 13.7 Å². The second kappa shape index (κ2) is 6.48. The average Bonchev–Trinajstić information content (AvgIpc) is 2.52. The molecule has 0 saturated carbocycles. The van der Waals surface area contributed by atoms with Crippen LogP contribution in [0.25, 0.3) is 0 Å². The van der Waals surface area contributed by atoms with Gasteiger partial charge in [0.2, 0.25) is 0 Å². The van der Waals surface area contributed by atoms with Crippen LogP contribution in [0, 0.1) is 5.41 Å². The van der Waals surface area contributed by atoms with E-state index < -0.39 is 0 Å². The summed E-state index contributed by atoms with van der Waals surface area (Å²) >= 11 is 0. The van der Waals surface area contributed by atoms with Gasteiger partial charge in [-0.25, -0.2) is 4.79 Å². The van der Waals surface area contributed by atoms with Crippen LogP contribution in [0.4, 0.5) is 4.79 Å². The van der Waals surface area contributed by atoms with Crippen LogP contribution in [-0.2, 0) is 4.74 Å². The van der Waals surface area contributed by atoms with Crippen molar-refractivity contribution in [3.63, 3.8) is 0 Å². The van der Waals surface area contributed by atoms with Gasteiger partial charge in [-0.15, -0.1) is 0 Å². The highest BCUT2D eigenvalue weighted by Gasteiger charge is 2.34. The van der Waals surface area contributed by atoms with Crippen molar-refractivity contribution in [1.29, 1.82) is 5.41 Å². The molecule has 0 aromatic rings. The maximum atomic E-state index is 11.6. The van der Waals surface area contributed by atoms with Crippen LogP contribution in [0.2, 0.25) is 0 Å². The summed E-state index contributed by atoms with van der Waals surface area (Å²) in [6.07, 6.45) is 4.23. The fourth-order valence-corrected chi connectivity index (χ4v) is 1.90. The van der Waals surface area contributed by atoms with Gasteiger partial charge in [-0.1, -0.05) is 26.2 Å². The van der Waals surface area contributed by atoms with Crippen molar-refractivity contribution in [2.75, 3.05) is 20.3 Å². The third-order valence-electron chi connectivity index (χ3n) is 2.83. The van der Waals surface area contributed by atoms with Gasteiger partial charge in [0.1, 0.15) is 5.84 Å². The highest BCUT2D eigenvalue weighted by Crippen LogP contribution is 2.15. The van der Waals surface area contributed by atoms with Gasteiger partial charge >= 0.3 is 6.03 Å². The Morgan fingerprint density at radius 3 is 2.88 bits per heavy atom. The largest absolute Gasteiger partial charge is 0.383 e. The molecule has 0 spiro atoms. The first-order valence-electron chi connectivity index (χ1n) is 5.85. The molecule has 0 radical (unpaired) electrons. The van der Waals surface area contributed by atoms with Crippen molar-refractivity contribution in [2.24, 2.45) is 0 Å². The van der Waals surface area contributed by atoms with Crippen LogP contribution in [0.1, 0.15) is 32.6 Å². The second-order valence-corrected chi connectivity index (χ2v) is 4.04. The van der Waals surface area contributed by atoms with Gasteiger partial charge < -0.3 is 9.64 Å². The van der Waals surface area contributed by atoms with E-state index in [2.05, 4.69) is 12.2 Å². The molecule has 1 rings (SSSR count). The second-order valence-electron chi connectivity index (χ2n) is 4.04. The van der Waals surface area contributed by atoms with E-state index in [9.17, 15) is 4.79 Å². The zero-order chi connectivity index (χ0) is 12.0. The Balaban J connectivity index is 2.48. The zero-order valence-electron chi connectivity index (χ0n) is 10.1. The van der Waals surface area contributed by atoms with Crippen LogP contribution in [-0.4, -0.2) is 43.1 Å². The third kappa shape index (κ3) is 3.20. The van der Waals surface area contributed by atoms with E-state index in [1.807, 2.05) is 0 Å². The smallest absolute Gasteiger partial charge is 0.323 e. The average molecular weight is 227 g/mol. The van der Waals surface area contributed by atoms with Gasteiger partial charge in [-0.3, -0.25) is 10.7 Å². The molecule has 5 nitrogen and oxygen atoms in total. The first kappa shape index (κ1) is 13.0. The molecule has 1 fully saturated rings. The van der Waals surface area contributed by atoms with Crippen LogP contribution >= 0.6 is 0 Å². The Kier molecular flexibility index (Phi) is 5.25. The number of carbonyl (C=O) groups excluding carboxylic acids is 1. The lowest BCUT2D eigenvalue weighted by Crippen LogP contribution is -2.37. The number of nitrogens with one attached hydrogen (secondary N) is 2. The van der Waals surface area contributed by atoms with Crippen LogP contribution < -0.4 is 5.32 Å². The molecule has 1 heterocycles. The number of hydrogen-bond donors (Lipinski definition) is 2. The Hall–Kier alpha value is -1.10. The van der Waals surface area contributed by atoms with Gasteiger partial charge in [0.15, 0.2) is 0 Å². The predicted octanol–water partition coefficient (Wildman–Crippen LogP) is 1.58. The monoisotopic (exact) mass is 227 g/mol. The molecule has 0 aromatic carbocycles. The summed E-state index contributed by atoms with van der Waals surface area (Å²) in [5.41, 5.74) is 0. The minimum absolute atomic E-state index is 0.0748. The Morgan fingerprint density at radius 2 is 2.25 bits per heavy atom. The molecule has 2 N–H and O–H groups in total. The molecule has 1 aliphatic heterocycles. The number of rotatable bonds is 7. The van der Waals surface area contributed by atoms with E-state index in [4.69, 9.17) is 10.1 Å². The molecule has 2 amide bonds. The van der Waals surface area contributed by atoms with Crippen molar-refractivity contribution < 1.29 is 9.53 Å². The maximum absolute atomic E-state index is 11.6. The predicted molar refractivity (Wildman–Crippen MR) is 62.8 cm³/mol. The molecule has 0 aliphatic carbocycles. The van der Waals surface area contributed by atoms with Crippen molar-refractivity contribution in [1.82, 2.24) is 10.2 Å². The fourth-order valence-electron chi connectivity index (χ4n) is 1.90. The molecular formula is C11H21N3O2. The number of amidine groups is 1. The topological polar surface area (TPSA) is 65.4 Å². The number of nitrogens with zero attached hydrogens (tertiary/aromatic N) is 1. The van der Waals surface area contributed by atoms with Crippen molar-refractivity contribution in [3.8, 4) is 0 Å². The minimum atomic E-state index is -0.163. The molecule has 0 bridgehead atoms. The van der Waals surface area contributed by atoms with Crippen LogP contribution in [0.15, 0.2) is 0 Å². The standard InChI is InChI=1S/C11H21N3O2/c1-3-4-5-6-9-10(12)13-11(15)14(9)7-8-16-2/h9H,3-8H2,1-2H3,(H2,12,13,15). The van der Waals surface area contributed by atoms with E-state index in [1.165, 1.54) is 0 Å². The summed E-state index contributed by atoms with van der Waals surface area (Å²) in [6, 6.07) is -0.238. The first-order valence-corrected chi connectivity index (χ1v) is 5.85. The number of amides is 2. The normalized spacial score (nSPS) is 20.4. The van der Waals surface area contributed by atoms with Crippen molar-refractivity contribution >= 4 is 11.9 Å². The highest BCUT2D eigenvalue weighted by molar-refractivity contribution is 6.05. The summed E-state index contributed by atoms with van der Waals surface area (Å²) < 4.78 is 4.97. The highest BCUT2D eigenvalue weighted by atomic mass is 16.5. The SMILES string of the molecule is CCCCCC1C(=N)NC(=O)N1CCOC. The molecule has 1 unspecified atom stereocenters. The summed E-state index contributed by atoms with van der Waals surface area (Å²) in [4.78, 5) is 13.2. The Labute approximate surface area is 96.7 Å². The molecule has 1 atom stereocenters. The number of methoxy groups -OCH3 is 1. The van der Waals surface area contributed by atoms with E-state index in [0.29, 0.717) is 19.0 Å². The van der Waals surface area contributed by atoms with Gasteiger partial charge in [0.05, 0.1) is 12.6 Å². The molecular weight excluding hydrogens is 206 g/mol. The number of urea groups is 1. The number of hydrogen-bond acceptors (Lipinski definition) is 3. The lowest BCUT2D eigenvalue weighted by atomic mass is 10.1. The van der Waals surface area contributed by atoms with Crippen molar-refractivity contribution in [2.45, 2.75) is 38.6 Å². The summed E-state index contributed by atoms with van der Waals surface area (Å²) in [5.74, 6) is 0.331. The summed E-state index contributed by atoms with van der Waals surface area (Å²) in [5, 5.41) is 10.3. The van der Waals surface area contributed by atoms with Gasteiger partial charge in [-0.2, -0.15) is 0 Å². The van der Waals surface area contributed by atoms with E-state index in [1.54, 1.807) is 12.0 Å². The molecule has 1 aliphatic rings. The first-order chi connectivity index (χ1) is 7.70. The number of carbonyl (C=O) groups is 1. The lowest BCUT2D eigenvalue weighted by Gasteiger charge is -2.22. The number of ether oxygens (including phenoxy) is 1. The molecule has 0 aromatic heterocycles. The Morgan fingerprint density at radius 1 is 1.50 bits per heavy atom. The summed E-state index contributed by atoms with van der Waals surface area (Å²) in [6.45, 7) is 3.22.